The van der Waals surface area contributed by atoms with Crippen molar-refractivity contribution in [2.24, 2.45) is 0 Å². The van der Waals surface area contributed by atoms with Crippen molar-refractivity contribution in [1.82, 2.24) is 20.2 Å². The van der Waals surface area contributed by atoms with Crippen LogP contribution in [-0.4, -0.2) is 33.8 Å². The van der Waals surface area contributed by atoms with E-state index in [1.165, 1.54) is 0 Å². The second-order valence-corrected chi connectivity index (χ2v) is 2.81. The zero-order valence-corrected chi connectivity index (χ0v) is 8.13. The Bertz CT molecular complexity index is 434. The largest absolute Gasteiger partial charge is 0.370 e. The van der Waals surface area contributed by atoms with Gasteiger partial charge in [-0.1, -0.05) is 0 Å². The van der Waals surface area contributed by atoms with E-state index in [0.717, 1.165) is 23.4 Å². The van der Waals surface area contributed by atoms with Crippen LogP contribution in [0.1, 0.15) is 6.92 Å². The Morgan fingerprint density at radius 2 is 2.29 bits per heavy atom. The molecule has 2 aromatic rings. The van der Waals surface area contributed by atoms with E-state index in [4.69, 9.17) is 0 Å². The summed E-state index contributed by atoms with van der Waals surface area (Å²) in [6, 6.07) is 0. The highest BCUT2D eigenvalue weighted by Crippen LogP contribution is 2.19. The third-order valence-electron chi connectivity index (χ3n) is 1.88. The molecular weight excluding hydrogens is 180 g/mol. The van der Waals surface area contributed by atoms with Crippen LogP contribution in [0.15, 0.2) is 6.20 Å². The summed E-state index contributed by atoms with van der Waals surface area (Å²) in [5, 5.41) is 13.7. The molecule has 0 radical (unpaired) electrons. The highest BCUT2D eigenvalue weighted by Gasteiger charge is 2.06. The summed E-state index contributed by atoms with van der Waals surface area (Å²) in [4.78, 5) is 8.50. The van der Waals surface area contributed by atoms with E-state index in [9.17, 15) is 0 Å². The molecule has 0 unspecified atom stereocenters. The molecule has 0 aliphatic rings. The Labute approximate surface area is 81.1 Å². The van der Waals surface area contributed by atoms with E-state index < -0.39 is 0 Å². The first-order valence-corrected chi connectivity index (χ1v) is 4.48. The van der Waals surface area contributed by atoms with E-state index >= 15 is 0 Å². The average Bonchev–Trinajstić information content (AvgIpc) is 2.66. The van der Waals surface area contributed by atoms with E-state index in [1.807, 2.05) is 6.92 Å². The van der Waals surface area contributed by atoms with Crippen LogP contribution in [0.2, 0.25) is 0 Å². The molecule has 14 heavy (non-hydrogen) atoms. The molecule has 0 saturated heterocycles. The summed E-state index contributed by atoms with van der Waals surface area (Å²) in [7, 11) is 1.78. The minimum absolute atomic E-state index is 0.581. The van der Waals surface area contributed by atoms with Crippen molar-refractivity contribution < 1.29 is 0 Å². The van der Waals surface area contributed by atoms with Gasteiger partial charge >= 0.3 is 0 Å². The predicted molar refractivity (Wildman–Crippen MR) is 55.4 cm³/mol. The first-order chi connectivity index (χ1) is 6.85. The number of H-pyrrole nitrogens is 1. The molecule has 0 aliphatic heterocycles. The highest BCUT2D eigenvalue weighted by atomic mass is 15.2. The average molecular weight is 192 g/mol. The number of hydrogen-bond acceptors (Lipinski definition) is 5. The van der Waals surface area contributed by atoms with Crippen LogP contribution in [0.4, 0.5) is 11.8 Å². The lowest BCUT2D eigenvalue weighted by Gasteiger charge is -2.05. The van der Waals surface area contributed by atoms with Gasteiger partial charge < -0.3 is 10.6 Å². The fourth-order valence-electron chi connectivity index (χ4n) is 1.25. The van der Waals surface area contributed by atoms with Crippen molar-refractivity contribution in [2.75, 3.05) is 24.2 Å². The monoisotopic (exact) mass is 192 g/mol. The Hall–Kier alpha value is -1.85. The Kier molecular flexibility index (Phi) is 2.18. The number of hydrogen-bond donors (Lipinski definition) is 3. The first-order valence-electron chi connectivity index (χ1n) is 4.48. The lowest BCUT2D eigenvalue weighted by Crippen LogP contribution is -2.04. The van der Waals surface area contributed by atoms with Crippen LogP contribution in [0.3, 0.4) is 0 Å². The van der Waals surface area contributed by atoms with Gasteiger partial charge in [-0.25, -0.2) is 0 Å². The lowest BCUT2D eigenvalue weighted by atomic mass is 10.4. The summed E-state index contributed by atoms with van der Waals surface area (Å²) in [5.74, 6) is 1.38. The lowest BCUT2D eigenvalue weighted by molar-refractivity contribution is 1.08. The molecule has 2 aromatic heterocycles. The highest BCUT2D eigenvalue weighted by molar-refractivity contribution is 5.86. The van der Waals surface area contributed by atoms with Crippen LogP contribution in [0.25, 0.3) is 11.0 Å². The topological polar surface area (TPSA) is 78.5 Å². The minimum atomic E-state index is 0.581. The number of nitrogens with one attached hydrogen (secondary N) is 3. The summed E-state index contributed by atoms with van der Waals surface area (Å²) in [5.41, 5.74) is 0.736. The zero-order chi connectivity index (χ0) is 9.97. The maximum Gasteiger partial charge on any atom is 0.226 e. The standard InChI is InChI=1S/C8H12N6/c1-3-10-6-5-4-11-14-7(5)13-8(9-2)12-6/h4H,3H2,1-2H3,(H3,9,10,11,12,13,14). The maximum absolute atomic E-state index is 4.29. The molecule has 0 saturated carbocycles. The fourth-order valence-corrected chi connectivity index (χ4v) is 1.25. The minimum Gasteiger partial charge on any atom is -0.370 e. The van der Waals surface area contributed by atoms with E-state index in [-0.39, 0.29) is 0 Å². The second kappa shape index (κ2) is 3.49. The summed E-state index contributed by atoms with van der Waals surface area (Å²) < 4.78 is 0. The van der Waals surface area contributed by atoms with Gasteiger partial charge in [0.2, 0.25) is 5.95 Å². The Balaban J connectivity index is 2.58. The van der Waals surface area contributed by atoms with Crippen molar-refractivity contribution in [3.05, 3.63) is 6.20 Å². The molecule has 0 spiro atoms. The Morgan fingerprint density at radius 3 is 3.00 bits per heavy atom. The van der Waals surface area contributed by atoms with Gasteiger partial charge in [0.25, 0.3) is 0 Å². The Morgan fingerprint density at radius 1 is 1.43 bits per heavy atom. The molecule has 2 rings (SSSR count). The number of fused-ring (bicyclic) bond motifs is 1. The molecule has 3 N–H and O–H groups in total. The molecule has 6 heteroatoms. The third kappa shape index (κ3) is 1.34. The van der Waals surface area contributed by atoms with Gasteiger partial charge in [-0.2, -0.15) is 15.1 Å². The SMILES string of the molecule is CCNc1nc(NC)nc2[nH]ncc12. The third-order valence-corrected chi connectivity index (χ3v) is 1.88. The van der Waals surface area contributed by atoms with Crippen LogP contribution in [0.5, 0.6) is 0 Å². The summed E-state index contributed by atoms with van der Waals surface area (Å²) in [6.45, 7) is 2.84. The van der Waals surface area contributed by atoms with Gasteiger partial charge in [-0.05, 0) is 6.92 Å². The summed E-state index contributed by atoms with van der Waals surface area (Å²) in [6.07, 6.45) is 1.72. The molecule has 0 bridgehead atoms. The van der Waals surface area contributed by atoms with Gasteiger partial charge in [-0.3, -0.25) is 5.10 Å². The van der Waals surface area contributed by atoms with E-state index in [0.29, 0.717) is 5.95 Å². The second-order valence-electron chi connectivity index (χ2n) is 2.81. The van der Waals surface area contributed by atoms with E-state index in [1.54, 1.807) is 13.2 Å². The van der Waals surface area contributed by atoms with Crippen molar-refractivity contribution in [1.29, 1.82) is 0 Å². The van der Waals surface area contributed by atoms with Gasteiger partial charge in [0.1, 0.15) is 5.82 Å². The number of rotatable bonds is 3. The molecule has 0 aliphatic carbocycles. The molecule has 0 atom stereocenters. The predicted octanol–water partition coefficient (Wildman–Crippen LogP) is 0.826. The van der Waals surface area contributed by atoms with Crippen LogP contribution < -0.4 is 10.6 Å². The molecule has 74 valence electrons. The van der Waals surface area contributed by atoms with Crippen LogP contribution in [-0.2, 0) is 0 Å². The molecule has 2 heterocycles. The number of anilines is 2. The maximum atomic E-state index is 4.29. The summed E-state index contributed by atoms with van der Waals surface area (Å²) >= 11 is 0. The smallest absolute Gasteiger partial charge is 0.226 e. The van der Waals surface area contributed by atoms with Gasteiger partial charge in [0, 0.05) is 13.6 Å². The van der Waals surface area contributed by atoms with Gasteiger partial charge in [0.15, 0.2) is 5.65 Å². The number of aromatic amines is 1. The number of aromatic nitrogens is 4. The first kappa shape index (κ1) is 8.74. The van der Waals surface area contributed by atoms with Crippen molar-refractivity contribution >= 4 is 22.8 Å². The fraction of sp³-hybridized carbons (Fsp3) is 0.375. The van der Waals surface area contributed by atoms with Gasteiger partial charge in [0.05, 0.1) is 11.6 Å². The zero-order valence-electron chi connectivity index (χ0n) is 8.13. The normalized spacial score (nSPS) is 10.4. The molecule has 0 amide bonds. The van der Waals surface area contributed by atoms with Crippen molar-refractivity contribution in [2.45, 2.75) is 6.92 Å². The van der Waals surface area contributed by atoms with Crippen molar-refractivity contribution in [3.8, 4) is 0 Å². The van der Waals surface area contributed by atoms with Crippen molar-refractivity contribution in [3.63, 3.8) is 0 Å². The quantitative estimate of drug-likeness (QED) is 0.671. The molecule has 0 aromatic carbocycles. The molecular formula is C8H12N6. The van der Waals surface area contributed by atoms with Crippen LogP contribution in [0, 0.1) is 0 Å². The van der Waals surface area contributed by atoms with E-state index in [2.05, 4.69) is 30.8 Å². The molecule has 6 nitrogen and oxygen atoms in total. The van der Waals surface area contributed by atoms with Crippen LogP contribution >= 0.6 is 0 Å². The van der Waals surface area contributed by atoms with Gasteiger partial charge in [-0.15, -0.1) is 0 Å². The molecule has 0 fully saturated rings. The number of nitrogens with zero attached hydrogens (tertiary/aromatic N) is 3.